The molecule has 0 aliphatic rings. The summed E-state index contributed by atoms with van der Waals surface area (Å²) in [6.45, 7) is 0.130. The summed E-state index contributed by atoms with van der Waals surface area (Å²) in [5, 5.41) is 2.74. The van der Waals surface area contributed by atoms with E-state index in [-0.39, 0.29) is 28.7 Å². The van der Waals surface area contributed by atoms with Crippen molar-refractivity contribution in [1.82, 2.24) is 5.43 Å². The maximum atomic E-state index is 13.2. The Hall–Kier alpha value is -2.69. The summed E-state index contributed by atoms with van der Waals surface area (Å²) in [6.07, 6.45) is -5.89. The molecule has 0 radical (unpaired) electrons. The highest BCUT2D eigenvalue weighted by Gasteiger charge is 2.73. The Kier molecular flexibility index (Phi) is 7.06. The first kappa shape index (κ1) is 23.6. The van der Waals surface area contributed by atoms with Crippen LogP contribution in [-0.2, 0) is 6.61 Å². The summed E-state index contributed by atoms with van der Waals surface area (Å²) in [6, 6.07) is 5.72. The van der Waals surface area contributed by atoms with Crippen molar-refractivity contribution >= 4 is 17.8 Å². The van der Waals surface area contributed by atoms with Crippen LogP contribution in [0.25, 0.3) is 0 Å². The molecule has 164 valence electrons. The Morgan fingerprint density at radius 1 is 1.03 bits per heavy atom. The third-order valence-corrected chi connectivity index (χ3v) is 3.93. The molecule has 0 saturated carbocycles. The molecule has 0 heterocycles. The number of rotatable bonds is 8. The van der Waals surface area contributed by atoms with Gasteiger partial charge in [0.2, 0.25) is 0 Å². The quantitative estimate of drug-likeness (QED) is 0.241. The lowest BCUT2D eigenvalue weighted by Gasteiger charge is -2.27. The van der Waals surface area contributed by atoms with E-state index in [0.29, 0.717) is 11.6 Å². The van der Waals surface area contributed by atoms with Gasteiger partial charge in [0.05, 0.1) is 18.3 Å². The van der Waals surface area contributed by atoms with Crippen LogP contribution in [0, 0.1) is 0 Å². The fourth-order valence-electron chi connectivity index (χ4n) is 2.12. The van der Waals surface area contributed by atoms with E-state index in [2.05, 4.69) is 5.10 Å². The van der Waals surface area contributed by atoms with Gasteiger partial charge in [-0.3, -0.25) is 0 Å². The molecule has 2 aromatic rings. The predicted octanol–water partition coefficient (Wildman–Crippen LogP) is 5.64. The molecule has 0 atom stereocenters. The summed E-state index contributed by atoms with van der Waals surface area (Å²) < 4.78 is 99.0. The van der Waals surface area contributed by atoms with Gasteiger partial charge in [0.1, 0.15) is 6.61 Å². The molecular formula is C18H14ClF7N2O2. The molecule has 0 unspecified atom stereocenters. The van der Waals surface area contributed by atoms with E-state index in [0.717, 1.165) is 5.56 Å². The third-order valence-electron chi connectivity index (χ3n) is 3.65. The van der Waals surface area contributed by atoms with Gasteiger partial charge in [0.25, 0.3) is 0 Å². The highest BCUT2D eigenvalue weighted by atomic mass is 35.5. The Morgan fingerprint density at radius 3 is 2.23 bits per heavy atom. The van der Waals surface area contributed by atoms with Crippen LogP contribution >= 0.6 is 11.6 Å². The number of alkyl halides is 7. The highest BCUT2D eigenvalue weighted by molar-refractivity contribution is 6.32. The van der Waals surface area contributed by atoms with E-state index >= 15 is 0 Å². The van der Waals surface area contributed by atoms with Gasteiger partial charge in [-0.1, -0.05) is 41.9 Å². The maximum absolute atomic E-state index is 13.2. The second kappa shape index (κ2) is 8.99. The number of ether oxygens (including phenoxy) is 2. The van der Waals surface area contributed by atoms with Gasteiger partial charge in [-0.2, -0.15) is 35.8 Å². The first-order valence-corrected chi connectivity index (χ1v) is 8.43. The highest BCUT2D eigenvalue weighted by Crippen LogP contribution is 2.45. The SMILES string of the molecule is COc1cc(/C=N/NC(F)(F)C(F)(F)C(F)(F)F)cc(Cl)c1OCc1ccccc1. The lowest BCUT2D eigenvalue weighted by molar-refractivity contribution is -0.361. The summed E-state index contributed by atoms with van der Waals surface area (Å²) in [5.41, 5.74) is 1.32. The van der Waals surface area contributed by atoms with E-state index < -0.39 is 18.1 Å². The largest absolute Gasteiger partial charge is 0.493 e. The Bertz CT molecular complexity index is 890. The molecule has 4 nitrogen and oxygen atoms in total. The molecule has 0 saturated heterocycles. The minimum Gasteiger partial charge on any atom is -0.493 e. The average molecular weight is 459 g/mol. The molecule has 0 fully saturated rings. The number of nitrogens with one attached hydrogen (secondary N) is 1. The molecule has 2 rings (SSSR count). The second-order valence-corrected chi connectivity index (χ2v) is 6.23. The van der Waals surface area contributed by atoms with Gasteiger partial charge >= 0.3 is 18.1 Å². The molecule has 30 heavy (non-hydrogen) atoms. The van der Waals surface area contributed by atoms with Crippen molar-refractivity contribution in [1.29, 1.82) is 0 Å². The third kappa shape index (κ3) is 5.26. The van der Waals surface area contributed by atoms with Crippen molar-refractivity contribution in [3.05, 3.63) is 58.6 Å². The first-order chi connectivity index (χ1) is 13.9. The van der Waals surface area contributed by atoms with Crippen LogP contribution in [0.2, 0.25) is 5.02 Å². The Balaban J connectivity index is 2.16. The van der Waals surface area contributed by atoms with Crippen LogP contribution in [0.4, 0.5) is 30.7 Å². The summed E-state index contributed by atoms with van der Waals surface area (Å²) in [7, 11) is 1.26. The van der Waals surface area contributed by atoms with Crippen LogP contribution in [0.15, 0.2) is 47.6 Å². The number of halogens is 8. The smallest absolute Gasteiger partial charge is 0.462 e. The van der Waals surface area contributed by atoms with Gasteiger partial charge in [0, 0.05) is 0 Å². The normalized spacial score (nSPS) is 12.8. The number of methoxy groups -OCH3 is 1. The van der Waals surface area contributed by atoms with Crippen LogP contribution in [-0.4, -0.2) is 31.5 Å². The molecule has 0 spiro atoms. The molecule has 2 aromatic carbocycles. The number of nitrogens with zero attached hydrogens (tertiary/aromatic N) is 1. The van der Waals surface area contributed by atoms with Crippen molar-refractivity contribution in [2.75, 3.05) is 7.11 Å². The fourth-order valence-corrected chi connectivity index (χ4v) is 2.39. The van der Waals surface area contributed by atoms with Crippen molar-refractivity contribution in [2.45, 2.75) is 24.8 Å². The molecule has 0 aromatic heterocycles. The maximum Gasteiger partial charge on any atom is 0.462 e. The molecule has 0 bridgehead atoms. The minimum atomic E-state index is -6.47. The monoisotopic (exact) mass is 458 g/mol. The van der Waals surface area contributed by atoms with Crippen molar-refractivity contribution in [3.8, 4) is 11.5 Å². The van der Waals surface area contributed by atoms with E-state index in [9.17, 15) is 30.7 Å². The van der Waals surface area contributed by atoms with Crippen LogP contribution in [0.3, 0.4) is 0 Å². The van der Waals surface area contributed by atoms with Crippen molar-refractivity contribution in [2.24, 2.45) is 5.10 Å². The van der Waals surface area contributed by atoms with Crippen LogP contribution < -0.4 is 14.9 Å². The molecule has 12 heteroatoms. The number of hydrogen-bond donors (Lipinski definition) is 1. The second-order valence-electron chi connectivity index (χ2n) is 5.82. The van der Waals surface area contributed by atoms with Gasteiger partial charge < -0.3 is 9.47 Å². The zero-order valence-corrected chi connectivity index (χ0v) is 15.9. The molecule has 0 amide bonds. The van der Waals surface area contributed by atoms with Gasteiger partial charge in [-0.15, -0.1) is 0 Å². The van der Waals surface area contributed by atoms with Crippen molar-refractivity contribution < 1.29 is 40.2 Å². The summed E-state index contributed by atoms with van der Waals surface area (Å²) in [5.74, 6) is -6.16. The first-order valence-electron chi connectivity index (χ1n) is 8.06. The standard InChI is InChI=1S/C18H14ClF7N2O2/c1-29-14-8-12(9-27-28-18(25,26)16(20,21)17(22,23)24)7-13(19)15(14)30-10-11-5-3-2-4-6-11/h2-9,28H,10H2,1H3/b27-9+. The molecule has 0 aliphatic heterocycles. The lowest BCUT2D eigenvalue weighted by atomic mass is 10.2. The predicted molar refractivity (Wildman–Crippen MR) is 95.5 cm³/mol. The average Bonchev–Trinajstić information content (AvgIpc) is 2.66. The van der Waals surface area contributed by atoms with Gasteiger partial charge in [-0.25, -0.2) is 5.43 Å². The Labute approximate surface area is 171 Å². The molecule has 1 N–H and O–H groups in total. The minimum absolute atomic E-state index is 0.0254. The van der Waals surface area contributed by atoms with E-state index in [1.807, 2.05) is 6.07 Å². The lowest BCUT2D eigenvalue weighted by Crippen LogP contribution is -2.58. The Morgan fingerprint density at radius 2 is 1.67 bits per heavy atom. The number of hydrogen-bond acceptors (Lipinski definition) is 4. The van der Waals surface area contributed by atoms with Crippen LogP contribution in [0.5, 0.6) is 11.5 Å². The van der Waals surface area contributed by atoms with Gasteiger partial charge in [-0.05, 0) is 23.3 Å². The van der Waals surface area contributed by atoms with E-state index in [1.165, 1.54) is 19.2 Å². The summed E-state index contributed by atoms with van der Waals surface area (Å²) in [4.78, 5) is 0. The fraction of sp³-hybridized carbons (Fsp3) is 0.278. The summed E-state index contributed by atoms with van der Waals surface area (Å²) >= 11 is 6.08. The zero-order valence-electron chi connectivity index (χ0n) is 15.1. The van der Waals surface area contributed by atoms with Gasteiger partial charge in [0.15, 0.2) is 11.5 Å². The molecular weight excluding hydrogens is 445 g/mol. The zero-order chi connectivity index (χ0) is 22.6. The van der Waals surface area contributed by atoms with Crippen LogP contribution in [0.1, 0.15) is 11.1 Å². The van der Waals surface area contributed by atoms with E-state index in [1.54, 1.807) is 24.3 Å². The number of benzene rings is 2. The molecule has 0 aliphatic carbocycles. The number of hydrazone groups is 1. The van der Waals surface area contributed by atoms with E-state index in [4.69, 9.17) is 21.1 Å². The van der Waals surface area contributed by atoms with Crippen molar-refractivity contribution in [3.63, 3.8) is 0 Å². The topological polar surface area (TPSA) is 42.8 Å².